The van der Waals surface area contributed by atoms with Crippen LogP contribution in [0.2, 0.25) is 0 Å². The lowest BCUT2D eigenvalue weighted by molar-refractivity contribution is -0.145. The fourth-order valence-electron chi connectivity index (χ4n) is 0.938. The van der Waals surface area contributed by atoms with Gasteiger partial charge in [0.2, 0.25) is 5.50 Å². The van der Waals surface area contributed by atoms with Gasteiger partial charge in [0.1, 0.15) is 11.6 Å². The molecule has 0 fully saturated rings. The Hall–Kier alpha value is -1.17. The third-order valence-electron chi connectivity index (χ3n) is 1.60. The summed E-state index contributed by atoms with van der Waals surface area (Å²) in [6.45, 7) is 1.58. The average molecular weight is 250 g/mol. The minimum Gasteiger partial charge on any atom is -0.463 e. The molecule has 0 saturated heterocycles. The van der Waals surface area contributed by atoms with Crippen LogP contribution in [0, 0.1) is 11.6 Å². The van der Waals surface area contributed by atoms with E-state index in [1.807, 2.05) is 0 Å². The van der Waals surface area contributed by atoms with E-state index in [2.05, 4.69) is 4.74 Å². The molecule has 0 amide bonds. The number of rotatable bonds is 4. The molecule has 0 N–H and O–H groups in total. The fourth-order valence-corrected chi connectivity index (χ4v) is 1.64. The zero-order chi connectivity index (χ0) is 12.1. The fraction of sp³-hybridized carbons (Fsp3) is 0.300. The average Bonchev–Trinajstić information content (AvgIpc) is 2.22. The van der Waals surface area contributed by atoms with Crippen LogP contribution in [-0.2, 0) is 9.53 Å². The number of alkyl halides is 1. The minimum atomic E-state index is -2.01. The molecular formula is C10H9F3O2S. The normalized spacial score (nSPS) is 12.2. The largest absolute Gasteiger partial charge is 0.463 e. The molecule has 16 heavy (non-hydrogen) atoms. The Balaban J connectivity index is 2.69. The maximum atomic E-state index is 13.2. The molecule has 0 saturated carbocycles. The number of esters is 1. The van der Waals surface area contributed by atoms with Crippen LogP contribution in [0.4, 0.5) is 13.2 Å². The molecule has 0 bridgehead atoms. The van der Waals surface area contributed by atoms with Gasteiger partial charge in [-0.25, -0.2) is 18.0 Å². The van der Waals surface area contributed by atoms with Crippen molar-refractivity contribution in [1.82, 2.24) is 0 Å². The van der Waals surface area contributed by atoms with Crippen LogP contribution in [0.5, 0.6) is 0 Å². The van der Waals surface area contributed by atoms with E-state index in [0.717, 1.165) is 12.1 Å². The summed E-state index contributed by atoms with van der Waals surface area (Å²) in [5.74, 6) is -2.73. The van der Waals surface area contributed by atoms with Crippen molar-refractivity contribution in [3.63, 3.8) is 0 Å². The van der Waals surface area contributed by atoms with Gasteiger partial charge in [0.15, 0.2) is 0 Å². The molecule has 2 nitrogen and oxygen atoms in total. The van der Waals surface area contributed by atoms with E-state index >= 15 is 0 Å². The van der Waals surface area contributed by atoms with Crippen molar-refractivity contribution in [1.29, 1.82) is 0 Å². The van der Waals surface area contributed by atoms with E-state index in [1.54, 1.807) is 0 Å². The second kappa shape index (κ2) is 5.79. The highest BCUT2D eigenvalue weighted by molar-refractivity contribution is 8.00. The van der Waals surface area contributed by atoms with E-state index in [1.165, 1.54) is 6.92 Å². The summed E-state index contributed by atoms with van der Waals surface area (Å²) in [5.41, 5.74) is -2.01. The highest BCUT2D eigenvalue weighted by atomic mass is 32.2. The van der Waals surface area contributed by atoms with Crippen molar-refractivity contribution in [3.8, 4) is 0 Å². The summed E-state index contributed by atoms with van der Waals surface area (Å²) in [4.78, 5) is 10.8. The van der Waals surface area contributed by atoms with Crippen molar-refractivity contribution in [2.45, 2.75) is 17.3 Å². The molecule has 1 aromatic rings. The summed E-state index contributed by atoms with van der Waals surface area (Å²) in [5, 5.41) is 0. The number of hydrogen-bond donors (Lipinski definition) is 0. The van der Waals surface area contributed by atoms with Crippen molar-refractivity contribution in [2.24, 2.45) is 0 Å². The van der Waals surface area contributed by atoms with Gasteiger partial charge in [-0.3, -0.25) is 0 Å². The second-order valence-corrected chi connectivity index (χ2v) is 3.85. The van der Waals surface area contributed by atoms with Crippen LogP contribution < -0.4 is 0 Å². The van der Waals surface area contributed by atoms with Crippen LogP contribution in [0.25, 0.3) is 0 Å². The lowest BCUT2D eigenvalue weighted by atomic mass is 10.3. The predicted octanol–water partition coefficient (Wildman–Crippen LogP) is 2.92. The third kappa shape index (κ3) is 3.44. The molecule has 88 valence electrons. The Bertz CT molecular complexity index is 384. The van der Waals surface area contributed by atoms with Gasteiger partial charge in [0, 0.05) is 11.0 Å². The lowest BCUT2D eigenvalue weighted by Crippen LogP contribution is -2.15. The van der Waals surface area contributed by atoms with Crippen molar-refractivity contribution in [3.05, 3.63) is 29.8 Å². The summed E-state index contributed by atoms with van der Waals surface area (Å²) in [6.07, 6.45) is 0. The predicted molar refractivity (Wildman–Crippen MR) is 53.7 cm³/mol. The number of carbonyl (C=O) groups is 1. The van der Waals surface area contributed by atoms with Gasteiger partial charge in [0.05, 0.1) is 6.61 Å². The first-order valence-corrected chi connectivity index (χ1v) is 5.35. The maximum Gasteiger partial charge on any atom is 0.351 e. The minimum absolute atomic E-state index is 0.0473. The molecular weight excluding hydrogens is 241 g/mol. The van der Waals surface area contributed by atoms with Crippen molar-refractivity contribution < 1.29 is 22.7 Å². The molecule has 1 aromatic carbocycles. The number of hydrogen-bond acceptors (Lipinski definition) is 3. The molecule has 0 heterocycles. The summed E-state index contributed by atoms with van der Waals surface area (Å²) >= 11 is 0.344. The molecule has 0 spiro atoms. The second-order valence-electron chi connectivity index (χ2n) is 2.76. The standard InChI is InChI=1S/C10H9F3O2S/c1-2-15-10(14)9(13)16-8-4-3-6(11)5-7(8)12/h3-5,9H,2H2,1H3. The summed E-state index contributed by atoms with van der Waals surface area (Å²) < 4.78 is 43.2. The topological polar surface area (TPSA) is 26.3 Å². The summed E-state index contributed by atoms with van der Waals surface area (Å²) in [7, 11) is 0. The number of ether oxygens (including phenoxy) is 1. The van der Waals surface area contributed by atoms with E-state index in [9.17, 15) is 18.0 Å². The quantitative estimate of drug-likeness (QED) is 0.607. The molecule has 0 aromatic heterocycles. The highest BCUT2D eigenvalue weighted by Crippen LogP contribution is 2.28. The van der Waals surface area contributed by atoms with Gasteiger partial charge >= 0.3 is 5.97 Å². The zero-order valence-electron chi connectivity index (χ0n) is 8.38. The Morgan fingerprint density at radius 2 is 2.19 bits per heavy atom. The molecule has 6 heteroatoms. The van der Waals surface area contributed by atoms with E-state index in [-0.39, 0.29) is 11.5 Å². The molecule has 1 atom stereocenters. The third-order valence-corrected chi connectivity index (χ3v) is 2.58. The first kappa shape index (κ1) is 12.9. The van der Waals surface area contributed by atoms with E-state index < -0.39 is 23.1 Å². The van der Waals surface area contributed by atoms with Gasteiger partial charge in [-0.1, -0.05) is 11.8 Å². The first-order chi connectivity index (χ1) is 7.54. The molecule has 1 rings (SSSR count). The smallest absolute Gasteiger partial charge is 0.351 e. The number of thioether (sulfide) groups is 1. The lowest BCUT2D eigenvalue weighted by Gasteiger charge is -2.07. The van der Waals surface area contributed by atoms with Crippen LogP contribution in [0.1, 0.15) is 6.92 Å². The Morgan fingerprint density at radius 1 is 1.50 bits per heavy atom. The molecule has 0 aliphatic carbocycles. The summed E-state index contributed by atoms with van der Waals surface area (Å²) in [6, 6.07) is 2.69. The molecule has 0 radical (unpaired) electrons. The van der Waals surface area contributed by atoms with Gasteiger partial charge in [-0.2, -0.15) is 0 Å². The van der Waals surface area contributed by atoms with Crippen LogP contribution >= 0.6 is 11.8 Å². The SMILES string of the molecule is CCOC(=O)C(F)Sc1ccc(F)cc1F. The highest BCUT2D eigenvalue weighted by Gasteiger charge is 2.21. The van der Waals surface area contributed by atoms with Gasteiger partial charge < -0.3 is 4.74 Å². The van der Waals surface area contributed by atoms with Crippen LogP contribution in [-0.4, -0.2) is 18.1 Å². The molecule has 0 aliphatic rings. The zero-order valence-corrected chi connectivity index (χ0v) is 9.19. The Morgan fingerprint density at radius 3 is 2.75 bits per heavy atom. The van der Waals surface area contributed by atoms with Gasteiger partial charge in [-0.15, -0.1) is 0 Å². The number of halogens is 3. The van der Waals surface area contributed by atoms with Gasteiger partial charge in [-0.05, 0) is 19.1 Å². The van der Waals surface area contributed by atoms with Gasteiger partial charge in [0.25, 0.3) is 0 Å². The van der Waals surface area contributed by atoms with Crippen molar-refractivity contribution >= 4 is 17.7 Å². The van der Waals surface area contributed by atoms with E-state index in [0.29, 0.717) is 17.8 Å². The Kier molecular flexibility index (Phi) is 4.67. The molecule has 1 unspecified atom stereocenters. The van der Waals surface area contributed by atoms with Crippen LogP contribution in [0.15, 0.2) is 23.1 Å². The van der Waals surface area contributed by atoms with Crippen molar-refractivity contribution in [2.75, 3.05) is 6.61 Å². The van der Waals surface area contributed by atoms with Crippen LogP contribution in [0.3, 0.4) is 0 Å². The monoisotopic (exact) mass is 250 g/mol. The maximum absolute atomic E-state index is 13.2. The Labute approximate surface area is 94.8 Å². The van der Waals surface area contributed by atoms with E-state index in [4.69, 9.17) is 0 Å². The first-order valence-electron chi connectivity index (χ1n) is 4.47. The number of benzene rings is 1. The molecule has 0 aliphatic heterocycles. The number of carbonyl (C=O) groups excluding carboxylic acids is 1.